The zero-order valence-electron chi connectivity index (χ0n) is 7.27. The number of benzene rings is 1. The van der Waals surface area contributed by atoms with Gasteiger partial charge in [0.25, 0.3) is 0 Å². The molecule has 1 aromatic rings. The molecule has 0 fully saturated rings. The normalized spacial score (nSPS) is 9.23. The first-order valence-corrected chi connectivity index (χ1v) is 4.02. The van der Waals surface area contributed by atoms with Crippen LogP contribution in [0.15, 0.2) is 35.5 Å². The van der Waals surface area contributed by atoms with E-state index in [2.05, 4.69) is 16.7 Å². The molecule has 0 aliphatic heterocycles. The topological polar surface area (TPSA) is 38.7 Å². The molecule has 0 unspecified atom stereocenters. The standard InChI is InChI=1S/C10H11NO2/c1-11-13-10(12)8-7-9-5-3-2-4-6-9/h2-6H,1,7-8H2. The minimum atomic E-state index is -0.348. The maximum atomic E-state index is 10.9. The average Bonchev–Trinajstić information content (AvgIpc) is 2.17. The van der Waals surface area contributed by atoms with E-state index in [1.54, 1.807) is 0 Å². The average molecular weight is 177 g/mol. The number of hydrogen-bond acceptors (Lipinski definition) is 3. The van der Waals surface area contributed by atoms with E-state index in [1.165, 1.54) is 0 Å². The second-order valence-corrected chi connectivity index (χ2v) is 2.58. The van der Waals surface area contributed by atoms with E-state index < -0.39 is 0 Å². The highest BCUT2D eigenvalue weighted by molar-refractivity contribution is 5.69. The van der Waals surface area contributed by atoms with Crippen molar-refractivity contribution in [2.24, 2.45) is 5.16 Å². The Balaban J connectivity index is 2.35. The molecule has 13 heavy (non-hydrogen) atoms. The third kappa shape index (κ3) is 3.51. The first-order chi connectivity index (χ1) is 6.33. The highest BCUT2D eigenvalue weighted by Crippen LogP contribution is 2.02. The summed E-state index contributed by atoms with van der Waals surface area (Å²) in [6, 6.07) is 9.75. The van der Waals surface area contributed by atoms with Crippen LogP contribution in [0.2, 0.25) is 0 Å². The number of carbonyl (C=O) groups is 1. The molecule has 3 heteroatoms. The Labute approximate surface area is 77.0 Å². The molecule has 0 heterocycles. The lowest BCUT2D eigenvalue weighted by molar-refractivity contribution is -0.143. The van der Waals surface area contributed by atoms with Crippen LogP contribution in [-0.4, -0.2) is 12.7 Å². The molecule has 0 atom stereocenters. The quantitative estimate of drug-likeness (QED) is 0.399. The molecular weight excluding hydrogens is 166 g/mol. The molecule has 0 aliphatic carbocycles. The van der Waals surface area contributed by atoms with Crippen LogP contribution in [0.4, 0.5) is 0 Å². The molecule has 68 valence electrons. The van der Waals surface area contributed by atoms with Gasteiger partial charge in [-0.15, -0.1) is 0 Å². The molecule has 0 bridgehead atoms. The molecule has 1 rings (SSSR count). The third-order valence-corrected chi connectivity index (χ3v) is 1.63. The van der Waals surface area contributed by atoms with Crippen LogP contribution in [0.3, 0.4) is 0 Å². The molecule has 0 radical (unpaired) electrons. The van der Waals surface area contributed by atoms with E-state index >= 15 is 0 Å². The number of oxime groups is 1. The monoisotopic (exact) mass is 177 g/mol. The van der Waals surface area contributed by atoms with E-state index in [0.29, 0.717) is 12.8 Å². The predicted molar refractivity (Wildman–Crippen MR) is 50.4 cm³/mol. The smallest absolute Gasteiger partial charge is 0.319 e. The second kappa shape index (κ2) is 5.09. The van der Waals surface area contributed by atoms with Crippen LogP contribution in [0.5, 0.6) is 0 Å². The Morgan fingerprint density at radius 2 is 2.08 bits per heavy atom. The first kappa shape index (κ1) is 9.45. The van der Waals surface area contributed by atoms with Gasteiger partial charge in [0.05, 0.1) is 6.42 Å². The van der Waals surface area contributed by atoms with Gasteiger partial charge in [0, 0.05) is 6.72 Å². The summed E-state index contributed by atoms with van der Waals surface area (Å²) in [6.07, 6.45) is 1.01. The van der Waals surface area contributed by atoms with Crippen molar-refractivity contribution in [3.63, 3.8) is 0 Å². The number of hydrogen-bond donors (Lipinski definition) is 0. The summed E-state index contributed by atoms with van der Waals surface area (Å²) in [5.74, 6) is -0.348. The summed E-state index contributed by atoms with van der Waals surface area (Å²) in [5, 5.41) is 3.05. The predicted octanol–water partition coefficient (Wildman–Crippen LogP) is 1.78. The molecule has 0 N–H and O–H groups in total. The molecule has 0 amide bonds. The lowest BCUT2D eigenvalue weighted by atomic mass is 10.1. The highest BCUT2D eigenvalue weighted by atomic mass is 16.7. The van der Waals surface area contributed by atoms with E-state index in [1.807, 2.05) is 30.3 Å². The van der Waals surface area contributed by atoms with Crippen molar-refractivity contribution in [2.45, 2.75) is 12.8 Å². The molecule has 0 aliphatic rings. The second-order valence-electron chi connectivity index (χ2n) is 2.58. The van der Waals surface area contributed by atoms with Crippen molar-refractivity contribution < 1.29 is 9.63 Å². The summed E-state index contributed by atoms with van der Waals surface area (Å²) in [6.45, 7) is 3.06. The fourth-order valence-corrected chi connectivity index (χ4v) is 1.01. The largest absolute Gasteiger partial charge is 0.335 e. The van der Waals surface area contributed by atoms with Crippen molar-refractivity contribution in [3.05, 3.63) is 35.9 Å². The number of carbonyl (C=O) groups excluding carboxylic acids is 1. The minimum Gasteiger partial charge on any atom is -0.319 e. The van der Waals surface area contributed by atoms with Crippen LogP contribution in [-0.2, 0) is 16.1 Å². The summed E-state index contributed by atoms with van der Waals surface area (Å²) in [4.78, 5) is 15.2. The zero-order chi connectivity index (χ0) is 9.52. The van der Waals surface area contributed by atoms with Gasteiger partial charge in [-0.05, 0) is 12.0 Å². The van der Waals surface area contributed by atoms with Gasteiger partial charge in [0.15, 0.2) is 0 Å². The van der Waals surface area contributed by atoms with Crippen LogP contribution in [0.1, 0.15) is 12.0 Å². The molecule has 0 saturated heterocycles. The van der Waals surface area contributed by atoms with Crippen LogP contribution in [0.25, 0.3) is 0 Å². The fourth-order valence-electron chi connectivity index (χ4n) is 1.01. The lowest BCUT2D eigenvalue weighted by Crippen LogP contribution is -2.00. The van der Waals surface area contributed by atoms with Crippen LogP contribution in [0, 0.1) is 0 Å². The third-order valence-electron chi connectivity index (χ3n) is 1.63. The molecule has 0 saturated carbocycles. The molecule has 0 aromatic heterocycles. The van der Waals surface area contributed by atoms with Gasteiger partial charge in [0.1, 0.15) is 0 Å². The zero-order valence-corrected chi connectivity index (χ0v) is 7.27. The van der Waals surface area contributed by atoms with E-state index in [4.69, 9.17) is 0 Å². The highest BCUT2D eigenvalue weighted by Gasteiger charge is 2.01. The van der Waals surface area contributed by atoms with Gasteiger partial charge in [-0.2, -0.15) is 0 Å². The summed E-state index contributed by atoms with van der Waals surface area (Å²) >= 11 is 0. The van der Waals surface area contributed by atoms with Crippen molar-refractivity contribution in [3.8, 4) is 0 Å². The van der Waals surface area contributed by atoms with Crippen molar-refractivity contribution in [1.82, 2.24) is 0 Å². The SMILES string of the molecule is C=NOC(=O)CCc1ccccc1. The molecule has 0 spiro atoms. The Morgan fingerprint density at radius 3 is 2.69 bits per heavy atom. The van der Waals surface area contributed by atoms with Crippen molar-refractivity contribution in [2.75, 3.05) is 0 Å². The molecule has 3 nitrogen and oxygen atoms in total. The Hall–Kier alpha value is -1.64. The molecular formula is C10H11NO2. The number of aryl methyl sites for hydroxylation is 1. The van der Waals surface area contributed by atoms with E-state index in [0.717, 1.165) is 5.56 Å². The van der Waals surface area contributed by atoms with E-state index in [-0.39, 0.29) is 5.97 Å². The van der Waals surface area contributed by atoms with E-state index in [9.17, 15) is 4.79 Å². The molecule has 1 aromatic carbocycles. The number of nitrogens with zero attached hydrogens (tertiary/aromatic N) is 1. The Kier molecular flexibility index (Phi) is 3.70. The summed E-state index contributed by atoms with van der Waals surface area (Å²) < 4.78 is 0. The van der Waals surface area contributed by atoms with Gasteiger partial charge in [0.2, 0.25) is 0 Å². The summed E-state index contributed by atoms with van der Waals surface area (Å²) in [7, 11) is 0. The van der Waals surface area contributed by atoms with Gasteiger partial charge >= 0.3 is 5.97 Å². The van der Waals surface area contributed by atoms with Crippen molar-refractivity contribution in [1.29, 1.82) is 0 Å². The van der Waals surface area contributed by atoms with Gasteiger partial charge in [-0.25, -0.2) is 4.79 Å². The lowest BCUT2D eigenvalue weighted by Gasteiger charge is -1.98. The summed E-state index contributed by atoms with van der Waals surface area (Å²) in [5.41, 5.74) is 1.11. The van der Waals surface area contributed by atoms with Gasteiger partial charge < -0.3 is 4.84 Å². The van der Waals surface area contributed by atoms with Crippen LogP contribution >= 0.6 is 0 Å². The maximum absolute atomic E-state index is 10.9. The minimum absolute atomic E-state index is 0.336. The fraction of sp³-hybridized carbons (Fsp3) is 0.200. The van der Waals surface area contributed by atoms with Crippen LogP contribution < -0.4 is 0 Å². The first-order valence-electron chi connectivity index (χ1n) is 4.02. The van der Waals surface area contributed by atoms with Crippen molar-refractivity contribution >= 4 is 12.7 Å². The van der Waals surface area contributed by atoms with Gasteiger partial charge in [-0.1, -0.05) is 35.5 Å². The Bertz CT molecular complexity index is 282. The maximum Gasteiger partial charge on any atom is 0.335 e. The Morgan fingerprint density at radius 1 is 1.38 bits per heavy atom. The van der Waals surface area contributed by atoms with Gasteiger partial charge in [-0.3, -0.25) is 0 Å². The number of rotatable bonds is 4.